The van der Waals surface area contributed by atoms with Crippen LogP contribution < -0.4 is 0 Å². The molecule has 0 aliphatic heterocycles. The smallest absolute Gasteiger partial charge is 0.0644 e. The average molecular weight is 85.1 g/mol. The fourth-order valence-corrected chi connectivity index (χ4v) is 0.0791. The molecule has 0 aromatic carbocycles. The molecule has 0 bridgehead atoms. The van der Waals surface area contributed by atoms with Crippen LogP contribution in [-0.2, 0) is 0 Å². The van der Waals surface area contributed by atoms with Crippen LogP contribution in [-0.4, -0.2) is 11.7 Å². The molecule has 35 valence electrons. The van der Waals surface area contributed by atoms with Gasteiger partial charge in [0.25, 0.3) is 0 Å². The van der Waals surface area contributed by atoms with E-state index in [4.69, 9.17) is 5.11 Å². The summed E-state index contributed by atoms with van der Waals surface area (Å²) in [6, 6.07) is 0. The maximum Gasteiger partial charge on any atom is 0.0644 e. The average Bonchev–Trinajstić information content (AvgIpc) is 1.65. The summed E-state index contributed by atoms with van der Waals surface area (Å²) in [5.74, 6) is 0. The molecule has 0 heterocycles. The first-order valence-electron chi connectivity index (χ1n) is 1.92. The first kappa shape index (κ1) is 5.70. The Kier molecular flexibility index (Phi) is 2.77. The van der Waals surface area contributed by atoms with Crippen LogP contribution >= 0.6 is 0 Å². The van der Waals surface area contributed by atoms with Crippen LogP contribution in [0.2, 0.25) is 0 Å². The lowest BCUT2D eigenvalue weighted by molar-refractivity contribution is 0.330. The summed E-state index contributed by atoms with van der Waals surface area (Å²) in [6.07, 6.45) is 2.78. The fourth-order valence-electron chi connectivity index (χ4n) is 0.0791. The van der Waals surface area contributed by atoms with E-state index in [9.17, 15) is 0 Å². The second-order valence-electron chi connectivity index (χ2n) is 1.19. The van der Waals surface area contributed by atoms with E-state index in [1.54, 1.807) is 6.92 Å². The Labute approximate surface area is 38.3 Å². The van der Waals surface area contributed by atoms with Gasteiger partial charge < -0.3 is 5.11 Å². The molecule has 1 nitrogen and oxygen atoms in total. The quantitative estimate of drug-likeness (QED) is 0.498. The van der Waals surface area contributed by atoms with Crippen molar-refractivity contribution in [1.82, 2.24) is 0 Å². The molecule has 1 heteroatoms. The van der Waals surface area contributed by atoms with Crippen molar-refractivity contribution >= 4 is 0 Å². The molecule has 0 atom stereocenters. The fraction of sp³-hybridized carbons (Fsp3) is 0.600. The SMILES string of the molecule is C/[C]=C(\C)CO. The Hall–Kier alpha value is -0.300. The van der Waals surface area contributed by atoms with Crippen LogP contribution in [0.25, 0.3) is 0 Å². The Morgan fingerprint density at radius 1 is 1.83 bits per heavy atom. The molecule has 0 aliphatic rings. The van der Waals surface area contributed by atoms with E-state index >= 15 is 0 Å². The van der Waals surface area contributed by atoms with Gasteiger partial charge in [0.1, 0.15) is 0 Å². The van der Waals surface area contributed by atoms with Crippen molar-refractivity contribution in [2.75, 3.05) is 6.61 Å². The van der Waals surface area contributed by atoms with Crippen molar-refractivity contribution in [3.05, 3.63) is 11.6 Å². The highest BCUT2D eigenvalue weighted by Gasteiger charge is 1.75. The monoisotopic (exact) mass is 85.1 g/mol. The second kappa shape index (κ2) is 2.91. The van der Waals surface area contributed by atoms with Crippen LogP contribution in [0.15, 0.2) is 5.57 Å². The molecule has 0 aliphatic carbocycles. The van der Waals surface area contributed by atoms with Gasteiger partial charge in [0.2, 0.25) is 0 Å². The number of aliphatic hydroxyl groups excluding tert-OH is 1. The highest BCUT2D eigenvalue weighted by atomic mass is 16.3. The van der Waals surface area contributed by atoms with Gasteiger partial charge in [-0.15, -0.1) is 0 Å². The van der Waals surface area contributed by atoms with Crippen molar-refractivity contribution in [3.63, 3.8) is 0 Å². The van der Waals surface area contributed by atoms with E-state index in [-0.39, 0.29) is 6.61 Å². The van der Waals surface area contributed by atoms with Crippen LogP contribution in [0.5, 0.6) is 0 Å². The third kappa shape index (κ3) is 1.97. The molecule has 0 saturated carbocycles. The molecule has 6 heavy (non-hydrogen) atoms. The molecule has 0 aromatic rings. The van der Waals surface area contributed by atoms with Gasteiger partial charge in [-0.1, -0.05) is 0 Å². The number of hydrogen-bond acceptors (Lipinski definition) is 1. The highest BCUT2D eigenvalue weighted by Crippen LogP contribution is 1.83. The van der Waals surface area contributed by atoms with E-state index in [1.807, 2.05) is 6.92 Å². The maximum atomic E-state index is 8.24. The molecule has 0 saturated heterocycles. The summed E-state index contributed by atoms with van der Waals surface area (Å²) >= 11 is 0. The number of rotatable bonds is 1. The Morgan fingerprint density at radius 3 is 2.33 bits per heavy atom. The molecule has 1 radical (unpaired) electrons. The normalized spacial score (nSPS) is 12.2. The van der Waals surface area contributed by atoms with Gasteiger partial charge in [0.15, 0.2) is 0 Å². The number of aliphatic hydroxyl groups is 1. The molecule has 0 fully saturated rings. The van der Waals surface area contributed by atoms with Crippen LogP contribution in [0.1, 0.15) is 13.8 Å². The summed E-state index contributed by atoms with van der Waals surface area (Å²) < 4.78 is 0. The molecular formula is C5H9O. The summed E-state index contributed by atoms with van der Waals surface area (Å²) in [5.41, 5.74) is 0.898. The largest absolute Gasteiger partial charge is 0.392 e. The van der Waals surface area contributed by atoms with Gasteiger partial charge >= 0.3 is 0 Å². The zero-order chi connectivity index (χ0) is 4.99. The molecule has 0 spiro atoms. The van der Waals surface area contributed by atoms with E-state index < -0.39 is 0 Å². The zero-order valence-corrected chi connectivity index (χ0v) is 4.15. The summed E-state index contributed by atoms with van der Waals surface area (Å²) in [5, 5.41) is 8.24. The van der Waals surface area contributed by atoms with E-state index in [1.165, 1.54) is 0 Å². The van der Waals surface area contributed by atoms with Crippen molar-refractivity contribution in [2.45, 2.75) is 13.8 Å². The minimum Gasteiger partial charge on any atom is -0.392 e. The molecule has 0 amide bonds. The number of allylic oxidation sites excluding steroid dienone is 1. The Bertz CT molecular complexity index is 55.0. The zero-order valence-electron chi connectivity index (χ0n) is 4.15. The van der Waals surface area contributed by atoms with Gasteiger partial charge in [-0.2, -0.15) is 0 Å². The minimum absolute atomic E-state index is 0.135. The summed E-state index contributed by atoms with van der Waals surface area (Å²) in [4.78, 5) is 0. The van der Waals surface area contributed by atoms with Gasteiger partial charge in [0, 0.05) is 0 Å². The molecule has 0 unspecified atom stereocenters. The molecule has 0 rings (SSSR count). The standard InChI is InChI=1S/C5H9O/c1-3-5(2)4-6/h6H,4H2,1-2H3. The topological polar surface area (TPSA) is 20.2 Å². The summed E-state index contributed by atoms with van der Waals surface area (Å²) in [6.45, 7) is 3.75. The van der Waals surface area contributed by atoms with Crippen LogP contribution in [0, 0.1) is 6.08 Å². The van der Waals surface area contributed by atoms with Crippen LogP contribution in [0.4, 0.5) is 0 Å². The van der Waals surface area contributed by atoms with Crippen LogP contribution in [0.3, 0.4) is 0 Å². The minimum atomic E-state index is 0.135. The van der Waals surface area contributed by atoms with Gasteiger partial charge in [0.05, 0.1) is 6.61 Å². The maximum absolute atomic E-state index is 8.24. The highest BCUT2D eigenvalue weighted by molar-refractivity contribution is 4.88. The van der Waals surface area contributed by atoms with E-state index in [0.717, 1.165) is 5.57 Å². The number of hydrogen-bond donors (Lipinski definition) is 1. The predicted octanol–water partition coefficient (Wildman–Crippen LogP) is 0.748. The second-order valence-corrected chi connectivity index (χ2v) is 1.19. The first-order chi connectivity index (χ1) is 2.81. The van der Waals surface area contributed by atoms with E-state index in [2.05, 4.69) is 6.08 Å². The van der Waals surface area contributed by atoms with Gasteiger partial charge in [-0.25, -0.2) is 0 Å². The molecule has 1 N–H and O–H groups in total. The van der Waals surface area contributed by atoms with Gasteiger partial charge in [-0.05, 0) is 25.5 Å². The Balaban J connectivity index is 3.22. The lowest BCUT2D eigenvalue weighted by atomic mass is 10.3. The molecular weight excluding hydrogens is 76.1 g/mol. The predicted molar refractivity (Wildman–Crippen MR) is 25.2 cm³/mol. The van der Waals surface area contributed by atoms with Crippen molar-refractivity contribution < 1.29 is 5.11 Å². The van der Waals surface area contributed by atoms with Crippen molar-refractivity contribution in [2.24, 2.45) is 0 Å². The lowest BCUT2D eigenvalue weighted by Gasteiger charge is -1.83. The van der Waals surface area contributed by atoms with Crippen molar-refractivity contribution in [1.29, 1.82) is 0 Å². The van der Waals surface area contributed by atoms with Gasteiger partial charge in [-0.3, -0.25) is 0 Å². The summed E-state index contributed by atoms with van der Waals surface area (Å²) in [7, 11) is 0. The van der Waals surface area contributed by atoms with Crippen molar-refractivity contribution in [3.8, 4) is 0 Å². The molecule has 0 aromatic heterocycles. The first-order valence-corrected chi connectivity index (χ1v) is 1.92. The van der Waals surface area contributed by atoms with E-state index in [0.29, 0.717) is 0 Å². The Morgan fingerprint density at radius 2 is 2.33 bits per heavy atom. The third-order valence-corrected chi connectivity index (χ3v) is 0.664. The third-order valence-electron chi connectivity index (χ3n) is 0.664. The lowest BCUT2D eigenvalue weighted by Crippen LogP contribution is -1.80.